The largest absolute Gasteiger partial charge is 0.426 e. The van der Waals surface area contributed by atoms with E-state index >= 15 is 0 Å². The molecule has 1 aromatic carbocycles. The summed E-state index contributed by atoms with van der Waals surface area (Å²) in [6, 6.07) is 3.77. The molecule has 9 heteroatoms. The second-order valence-corrected chi connectivity index (χ2v) is 6.44. The highest BCUT2D eigenvalue weighted by Gasteiger charge is 2.55. The highest BCUT2D eigenvalue weighted by Crippen LogP contribution is 2.32. The molecule has 146 valence electrons. The Morgan fingerprint density at radius 1 is 1.19 bits per heavy atom. The van der Waals surface area contributed by atoms with Crippen molar-refractivity contribution >= 4 is 29.1 Å². The van der Waals surface area contributed by atoms with Crippen molar-refractivity contribution < 1.29 is 27.9 Å². The van der Waals surface area contributed by atoms with Crippen molar-refractivity contribution in [2.45, 2.75) is 51.3 Å². The maximum atomic E-state index is 12.7. The van der Waals surface area contributed by atoms with E-state index in [9.17, 15) is 27.9 Å². The highest BCUT2D eigenvalue weighted by molar-refractivity contribution is 6.34. The number of hydrogen-bond acceptors (Lipinski definition) is 3. The monoisotopic (exact) mass is 394 g/mol. The van der Waals surface area contributed by atoms with Gasteiger partial charge >= 0.3 is 6.18 Å². The van der Waals surface area contributed by atoms with E-state index in [0.717, 1.165) is 25.7 Å². The fourth-order valence-electron chi connectivity index (χ4n) is 1.99. The maximum absolute atomic E-state index is 12.7. The average Bonchev–Trinajstić information content (AvgIpc) is 2.55. The molecule has 0 bridgehead atoms. The van der Waals surface area contributed by atoms with Crippen LogP contribution in [0.15, 0.2) is 18.2 Å². The van der Waals surface area contributed by atoms with E-state index in [1.54, 1.807) is 0 Å². The molecule has 26 heavy (non-hydrogen) atoms. The number of amides is 2. The van der Waals surface area contributed by atoms with Gasteiger partial charge in [0.2, 0.25) is 5.60 Å². The van der Waals surface area contributed by atoms with Crippen LogP contribution in [-0.4, -0.2) is 35.2 Å². The van der Waals surface area contributed by atoms with Crippen molar-refractivity contribution in [3.8, 4) is 0 Å². The van der Waals surface area contributed by atoms with E-state index in [0.29, 0.717) is 13.5 Å². The van der Waals surface area contributed by atoms with Crippen molar-refractivity contribution in [2.24, 2.45) is 0 Å². The number of aliphatic hydroxyl groups is 1. The Bertz CT molecular complexity index is 649. The quantitative estimate of drug-likeness (QED) is 0.585. The van der Waals surface area contributed by atoms with Crippen LogP contribution in [-0.2, 0) is 4.79 Å². The van der Waals surface area contributed by atoms with Gasteiger partial charge in [0.05, 0.1) is 10.7 Å². The van der Waals surface area contributed by atoms with Gasteiger partial charge in [-0.3, -0.25) is 9.59 Å². The number of alkyl halides is 3. The standard InChI is InChI=1S/C17H22ClF3N2O3/c1-3-4-5-6-9-22-14(24)11-7-8-13(12(18)10-11)23-15(25)16(2,26)17(19,20)21/h7-8,10,26H,3-6,9H2,1-2H3,(H,22,24)(H,23,25). The number of benzene rings is 1. The molecule has 1 atom stereocenters. The van der Waals surface area contributed by atoms with Crippen molar-refractivity contribution in [1.29, 1.82) is 0 Å². The van der Waals surface area contributed by atoms with Crippen molar-refractivity contribution in [3.63, 3.8) is 0 Å². The first-order valence-electron chi connectivity index (χ1n) is 8.19. The van der Waals surface area contributed by atoms with Crippen LogP contribution in [0.2, 0.25) is 5.02 Å². The lowest BCUT2D eigenvalue weighted by Crippen LogP contribution is -2.52. The number of carbonyl (C=O) groups is 2. The third-order valence-corrected chi connectivity index (χ3v) is 4.10. The predicted octanol–water partition coefficient (Wildman–Crippen LogP) is 3.90. The van der Waals surface area contributed by atoms with Gasteiger partial charge in [0.15, 0.2) is 0 Å². The van der Waals surface area contributed by atoms with Crippen molar-refractivity contribution in [2.75, 3.05) is 11.9 Å². The molecule has 0 aromatic heterocycles. The van der Waals surface area contributed by atoms with Gasteiger partial charge in [0.1, 0.15) is 0 Å². The lowest BCUT2D eigenvalue weighted by molar-refractivity contribution is -0.242. The molecule has 0 aliphatic heterocycles. The highest BCUT2D eigenvalue weighted by atomic mass is 35.5. The lowest BCUT2D eigenvalue weighted by atomic mass is 10.1. The predicted molar refractivity (Wildman–Crippen MR) is 93.2 cm³/mol. The summed E-state index contributed by atoms with van der Waals surface area (Å²) >= 11 is 5.93. The van der Waals surface area contributed by atoms with Crippen molar-refractivity contribution in [1.82, 2.24) is 5.32 Å². The van der Waals surface area contributed by atoms with Gasteiger partial charge in [-0.05, 0) is 31.5 Å². The summed E-state index contributed by atoms with van der Waals surface area (Å²) in [6.07, 6.45) is -1.13. The summed E-state index contributed by atoms with van der Waals surface area (Å²) in [6.45, 7) is 2.93. The Balaban J connectivity index is 2.73. The number of carbonyl (C=O) groups excluding carboxylic acids is 2. The Morgan fingerprint density at radius 3 is 2.38 bits per heavy atom. The maximum Gasteiger partial charge on any atom is 0.426 e. The number of unbranched alkanes of at least 4 members (excludes halogenated alkanes) is 3. The van der Waals surface area contributed by atoms with Gasteiger partial charge in [-0.25, -0.2) is 0 Å². The molecular weight excluding hydrogens is 373 g/mol. The fraction of sp³-hybridized carbons (Fsp3) is 0.529. The first-order valence-corrected chi connectivity index (χ1v) is 8.56. The first-order chi connectivity index (χ1) is 12.0. The summed E-state index contributed by atoms with van der Waals surface area (Å²) in [5, 5.41) is 13.8. The van der Waals surface area contributed by atoms with E-state index in [2.05, 4.69) is 12.2 Å². The number of anilines is 1. The molecule has 0 aliphatic rings. The Morgan fingerprint density at radius 2 is 1.85 bits per heavy atom. The summed E-state index contributed by atoms with van der Waals surface area (Å²) in [5.74, 6) is -2.04. The molecule has 0 aliphatic carbocycles. The molecule has 1 rings (SSSR count). The fourth-order valence-corrected chi connectivity index (χ4v) is 2.21. The zero-order valence-corrected chi connectivity index (χ0v) is 15.3. The molecule has 0 saturated carbocycles. The van der Waals surface area contributed by atoms with Gasteiger partial charge in [-0.15, -0.1) is 0 Å². The third-order valence-electron chi connectivity index (χ3n) is 3.79. The molecule has 1 unspecified atom stereocenters. The van der Waals surface area contributed by atoms with Gasteiger partial charge < -0.3 is 15.7 Å². The summed E-state index contributed by atoms with van der Waals surface area (Å²) in [5.41, 5.74) is -3.49. The number of hydrogen-bond donors (Lipinski definition) is 3. The SMILES string of the molecule is CCCCCCNC(=O)c1ccc(NC(=O)C(C)(O)C(F)(F)F)c(Cl)c1. The minimum atomic E-state index is -5.14. The number of halogens is 4. The van der Waals surface area contributed by atoms with Crippen LogP contribution in [0.1, 0.15) is 49.9 Å². The van der Waals surface area contributed by atoms with Gasteiger partial charge in [-0.2, -0.15) is 13.2 Å². The zero-order valence-electron chi connectivity index (χ0n) is 14.5. The van der Waals surface area contributed by atoms with E-state index in [-0.39, 0.29) is 22.2 Å². The molecule has 0 saturated heterocycles. The zero-order chi connectivity index (χ0) is 20.0. The van der Waals surface area contributed by atoms with Crippen LogP contribution >= 0.6 is 11.6 Å². The van der Waals surface area contributed by atoms with Crippen LogP contribution < -0.4 is 10.6 Å². The lowest BCUT2D eigenvalue weighted by Gasteiger charge is -2.25. The molecule has 5 nitrogen and oxygen atoms in total. The molecule has 0 spiro atoms. The van der Waals surface area contributed by atoms with Crippen LogP contribution in [0, 0.1) is 0 Å². The normalized spacial score (nSPS) is 13.8. The second kappa shape index (κ2) is 9.23. The third kappa shape index (κ3) is 5.88. The Labute approximate surface area is 154 Å². The number of rotatable bonds is 8. The van der Waals surface area contributed by atoms with Gasteiger partial charge in [0.25, 0.3) is 11.8 Å². The molecular formula is C17H22ClF3N2O3. The van der Waals surface area contributed by atoms with Crippen LogP contribution in [0.5, 0.6) is 0 Å². The van der Waals surface area contributed by atoms with Crippen LogP contribution in [0.3, 0.4) is 0 Å². The topological polar surface area (TPSA) is 78.4 Å². The molecule has 0 fully saturated rings. The van der Waals surface area contributed by atoms with Crippen molar-refractivity contribution in [3.05, 3.63) is 28.8 Å². The van der Waals surface area contributed by atoms with E-state index in [1.165, 1.54) is 18.2 Å². The van der Waals surface area contributed by atoms with Gasteiger partial charge in [-0.1, -0.05) is 37.8 Å². The minimum Gasteiger partial charge on any atom is -0.373 e. The smallest absolute Gasteiger partial charge is 0.373 e. The van der Waals surface area contributed by atoms with Gasteiger partial charge in [0, 0.05) is 12.1 Å². The summed E-state index contributed by atoms with van der Waals surface area (Å²) < 4.78 is 38.0. The molecule has 1 aromatic rings. The first kappa shape index (κ1) is 22.2. The molecule has 3 N–H and O–H groups in total. The summed E-state index contributed by atoms with van der Waals surface area (Å²) in [4.78, 5) is 23.7. The average molecular weight is 395 g/mol. The van der Waals surface area contributed by atoms with E-state index in [4.69, 9.17) is 11.6 Å². The second-order valence-electron chi connectivity index (χ2n) is 6.04. The van der Waals surface area contributed by atoms with E-state index < -0.39 is 17.7 Å². The minimum absolute atomic E-state index is 0.116. The van der Waals surface area contributed by atoms with E-state index in [1.807, 2.05) is 5.32 Å². The van der Waals surface area contributed by atoms with Crippen LogP contribution in [0.4, 0.5) is 18.9 Å². The molecule has 2 amide bonds. The molecule has 0 heterocycles. The Hall–Kier alpha value is -1.80. The molecule has 0 radical (unpaired) electrons. The van der Waals surface area contributed by atoms with Crippen LogP contribution in [0.25, 0.3) is 0 Å². The summed E-state index contributed by atoms with van der Waals surface area (Å²) in [7, 11) is 0. The Kier molecular flexibility index (Phi) is 7.89. The number of nitrogens with one attached hydrogen (secondary N) is 2.